The Morgan fingerprint density at radius 1 is 0.591 bits per heavy atom. The summed E-state index contributed by atoms with van der Waals surface area (Å²) in [5.41, 5.74) is 27.3. The average Bonchev–Trinajstić information content (AvgIpc) is 3.01. The number of unbranched alkanes of at least 4 members (excludes halogenated alkanes) is 8. The molecule has 2 amide bonds. The van der Waals surface area contributed by atoms with Crippen molar-refractivity contribution in [3.8, 4) is 0 Å². The third kappa shape index (κ3) is 27.6. The molecule has 252 valence electrons. The van der Waals surface area contributed by atoms with E-state index in [0.29, 0.717) is 90.4 Å². The predicted octanol–water partition coefficient (Wildman–Crippen LogP) is 5.68. The van der Waals surface area contributed by atoms with Crippen molar-refractivity contribution in [2.75, 3.05) is 26.2 Å². The Kier molecular flexibility index (Phi) is 31.9. The van der Waals surface area contributed by atoms with Crippen LogP contribution < -0.4 is 22.1 Å². The normalized spacial score (nSPS) is 11.5. The highest BCUT2D eigenvalue weighted by atomic mass is 16.2. The van der Waals surface area contributed by atoms with Crippen molar-refractivity contribution in [2.45, 2.75) is 142 Å². The van der Waals surface area contributed by atoms with Crippen molar-refractivity contribution in [1.82, 2.24) is 10.6 Å². The first-order valence-electron chi connectivity index (χ1n) is 16.4. The molecule has 0 fully saturated rings. The summed E-state index contributed by atoms with van der Waals surface area (Å²) in [6.07, 6.45) is 13.6. The van der Waals surface area contributed by atoms with Crippen LogP contribution in [0.4, 0.5) is 0 Å². The van der Waals surface area contributed by atoms with E-state index in [-0.39, 0.29) is 23.4 Å². The molecule has 6 N–H and O–H groups in total. The maximum atomic E-state index is 12.1. The highest BCUT2D eigenvalue weighted by Gasteiger charge is 2.20. The third-order valence-electron chi connectivity index (χ3n) is 6.86. The quantitative estimate of drug-likeness (QED) is 0.0370. The van der Waals surface area contributed by atoms with E-state index in [0.717, 1.165) is 51.4 Å². The van der Waals surface area contributed by atoms with Crippen LogP contribution in [-0.4, -0.2) is 61.6 Å². The summed E-state index contributed by atoms with van der Waals surface area (Å²) < 4.78 is 0. The number of nitrogens with two attached hydrogens (primary N) is 2. The van der Waals surface area contributed by atoms with E-state index in [1.165, 1.54) is 0 Å². The van der Waals surface area contributed by atoms with Crippen molar-refractivity contribution in [3.05, 3.63) is 20.9 Å². The molecule has 2 unspecified atom stereocenters. The zero-order valence-corrected chi connectivity index (χ0v) is 27.2. The number of rotatable bonds is 28. The Bertz CT molecular complexity index is 804. The molecule has 0 aliphatic rings. The van der Waals surface area contributed by atoms with Gasteiger partial charge in [-0.1, -0.05) is 62.6 Å². The van der Waals surface area contributed by atoms with Crippen molar-refractivity contribution in [3.63, 3.8) is 0 Å². The van der Waals surface area contributed by atoms with Crippen LogP contribution in [0.1, 0.15) is 129 Å². The molecule has 0 saturated heterocycles. The summed E-state index contributed by atoms with van der Waals surface area (Å²) in [6, 6.07) is -0.924. The minimum Gasteiger partial charge on any atom is -0.346 e. The number of Topliss-reactive ketones (excluding diaryl/α,β-unsaturated/α-hetero) is 2. The molecule has 0 aromatic rings. The SMILES string of the molecule is CCCCCCC(=O)C(CCN)NC(=O)CCCCN=[N+]=[N-].CCCCCCC(=O)C(CCN)NC(=O)CCCCN=[N+]=[N-]. The van der Waals surface area contributed by atoms with Gasteiger partial charge < -0.3 is 22.1 Å². The van der Waals surface area contributed by atoms with E-state index in [4.69, 9.17) is 22.5 Å². The number of ketones is 2. The Balaban J connectivity index is 0. The number of hydrogen-bond acceptors (Lipinski definition) is 8. The highest BCUT2D eigenvalue weighted by Crippen LogP contribution is 2.08. The molecule has 44 heavy (non-hydrogen) atoms. The maximum absolute atomic E-state index is 12.1. The molecular formula is C30H58N10O4. The zero-order chi connectivity index (χ0) is 33.3. The molecular weight excluding hydrogens is 564 g/mol. The van der Waals surface area contributed by atoms with E-state index in [9.17, 15) is 19.2 Å². The minimum atomic E-state index is -0.462. The molecule has 0 saturated carbocycles. The minimum absolute atomic E-state index is 0.0731. The van der Waals surface area contributed by atoms with E-state index in [1.54, 1.807) is 0 Å². The molecule has 0 heterocycles. The molecule has 0 aromatic heterocycles. The van der Waals surface area contributed by atoms with Gasteiger partial charge in [-0.25, -0.2) is 0 Å². The lowest BCUT2D eigenvalue weighted by molar-refractivity contribution is -0.128. The van der Waals surface area contributed by atoms with Crippen LogP contribution >= 0.6 is 0 Å². The first-order chi connectivity index (χ1) is 21.3. The van der Waals surface area contributed by atoms with Crippen LogP contribution in [0.3, 0.4) is 0 Å². The number of nitrogens with one attached hydrogen (secondary N) is 2. The summed E-state index contributed by atoms with van der Waals surface area (Å²) in [7, 11) is 0. The number of carbonyl (C=O) groups is 4. The van der Waals surface area contributed by atoms with Gasteiger partial charge in [-0.05, 0) is 75.5 Å². The van der Waals surface area contributed by atoms with Gasteiger partial charge in [0, 0.05) is 48.6 Å². The Labute approximate surface area is 263 Å². The molecule has 0 spiro atoms. The van der Waals surface area contributed by atoms with Crippen molar-refractivity contribution in [2.24, 2.45) is 21.7 Å². The summed E-state index contributed by atoms with van der Waals surface area (Å²) in [6.45, 7) is 5.80. The molecule has 0 aliphatic heterocycles. The number of nitrogens with zero attached hydrogens (tertiary/aromatic N) is 6. The Morgan fingerprint density at radius 3 is 1.27 bits per heavy atom. The van der Waals surface area contributed by atoms with Gasteiger partial charge in [-0.2, -0.15) is 0 Å². The van der Waals surface area contributed by atoms with Gasteiger partial charge in [0.1, 0.15) is 0 Å². The lowest BCUT2D eigenvalue weighted by atomic mass is 10.0. The van der Waals surface area contributed by atoms with Gasteiger partial charge in [0.2, 0.25) is 11.8 Å². The number of carbonyl (C=O) groups excluding carboxylic acids is 4. The summed E-state index contributed by atoms with van der Waals surface area (Å²) >= 11 is 0. The second-order valence-corrected chi connectivity index (χ2v) is 10.8. The Hall–Kier alpha value is -3.18. The lowest BCUT2D eigenvalue weighted by Crippen LogP contribution is -2.42. The zero-order valence-electron chi connectivity index (χ0n) is 27.2. The van der Waals surface area contributed by atoms with Crippen LogP contribution in [0.15, 0.2) is 10.2 Å². The van der Waals surface area contributed by atoms with Crippen LogP contribution in [0, 0.1) is 0 Å². The Morgan fingerprint density at radius 2 is 0.955 bits per heavy atom. The predicted molar refractivity (Wildman–Crippen MR) is 174 cm³/mol. The number of amides is 2. The molecule has 0 rings (SSSR count). The van der Waals surface area contributed by atoms with Crippen LogP contribution in [0.25, 0.3) is 20.9 Å². The fourth-order valence-electron chi connectivity index (χ4n) is 4.32. The summed E-state index contributed by atoms with van der Waals surface area (Å²) in [5.74, 6) is -0.129. The first kappa shape index (κ1) is 43.0. The third-order valence-corrected chi connectivity index (χ3v) is 6.86. The molecule has 0 radical (unpaired) electrons. The fourth-order valence-corrected chi connectivity index (χ4v) is 4.32. The summed E-state index contributed by atoms with van der Waals surface area (Å²) in [5, 5.41) is 12.4. The van der Waals surface area contributed by atoms with Crippen molar-refractivity contribution >= 4 is 23.4 Å². The number of azide groups is 2. The summed E-state index contributed by atoms with van der Waals surface area (Å²) in [4.78, 5) is 53.2. The molecule has 0 bridgehead atoms. The van der Waals surface area contributed by atoms with Gasteiger partial charge in [0.05, 0.1) is 12.1 Å². The second-order valence-electron chi connectivity index (χ2n) is 10.8. The topological polar surface area (TPSA) is 242 Å². The van der Waals surface area contributed by atoms with Gasteiger partial charge >= 0.3 is 0 Å². The standard InChI is InChI=1S/2C15H29N5O2/c2*1-2-3-4-5-8-14(21)13(10-11-16)19-15(22)9-6-7-12-18-20-17/h2*13H,2-12,16H2,1H3,(H,19,22). The maximum Gasteiger partial charge on any atom is 0.220 e. The monoisotopic (exact) mass is 622 g/mol. The number of hydrogen-bond donors (Lipinski definition) is 4. The fraction of sp³-hybridized carbons (Fsp3) is 0.867. The largest absolute Gasteiger partial charge is 0.346 e. The second kappa shape index (κ2) is 32.7. The molecule has 14 nitrogen and oxygen atoms in total. The lowest BCUT2D eigenvalue weighted by Gasteiger charge is -2.17. The van der Waals surface area contributed by atoms with Crippen LogP contribution in [0.2, 0.25) is 0 Å². The molecule has 0 aliphatic carbocycles. The van der Waals surface area contributed by atoms with E-state index < -0.39 is 12.1 Å². The van der Waals surface area contributed by atoms with Crippen molar-refractivity contribution < 1.29 is 19.2 Å². The smallest absolute Gasteiger partial charge is 0.220 e. The molecule has 14 heteroatoms. The van der Waals surface area contributed by atoms with Gasteiger partial charge in [-0.3, -0.25) is 19.2 Å². The van der Waals surface area contributed by atoms with E-state index >= 15 is 0 Å². The highest BCUT2D eigenvalue weighted by molar-refractivity contribution is 5.89. The molecule has 0 aromatic carbocycles. The van der Waals surface area contributed by atoms with Gasteiger partial charge in [0.25, 0.3) is 0 Å². The molecule has 2 atom stereocenters. The van der Waals surface area contributed by atoms with Gasteiger partial charge in [-0.15, -0.1) is 0 Å². The van der Waals surface area contributed by atoms with E-state index in [2.05, 4.69) is 44.5 Å². The van der Waals surface area contributed by atoms with Crippen molar-refractivity contribution in [1.29, 1.82) is 0 Å². The average molecular weight is 623 g/mol. The van der Waals surface area contributed by atoms with E-state index in [1.807, 2.05) is 0 Å². The van der Waals surface area contributed by atoms with Crippen LogP contribution in [-0.2, 0) is 19.2 Å². The van der Waals surface area contributed by atoms with Gasteiger partial charge in [0.15, 0.2) is 11.6 Å². The van der Waals surface area contributed by atoms with Crippen LogP contribution in [0.5, 0.6) is 0 Å². The first-order valence-corrected chi connectivity index (χ1v) is 16.4.